The Morgan fingerprint density at radius 3 is 2.73 bits per heavy atom. The summed E-state index contributed by atoms with van der Waals surface area (Å²) < 4.78 is 0. The van der Waals surface area contributed by atoms with E-state index in [2.05, 4.69) is 0 Å². The molecule has 3 rings (SSSR count). The minimum Gasteiger partial charge on any atom is -0.387 e. The highest BCUT2D eigenvalue weighted by molar-refractivity contribution is 6.31. The van der Waals surface area contributed by atoms with Crippen LogP contribution >= 0.6 is 11.6 Å². The number of β-amino-alcohol motifs (C(OH)–C–C–N with tert-alkyl or cyclic N) is 1. The fourth-order valence-corrected chi connectivity index (χ4v) is 3.84. The molecule has 1 saturated heterocycles. The van der Waals surface area contributed by atoms with Crippen molar-refractivity contribution in [1.29, 1.82) is 0 Å². The Balaban J connectivity index is 1.83. The molecule has 2 aromatic carbocycles. The lowest BCUT2D eigenvalue weighted by atomic mass is 9.98. The molecule has 1 aliphatic rings. The molecule has 4 nitrogen and oxygen atoms in total. The van der Waals surface area contributed by atoms with Crippen LogP contribution in [0.4, 0.5) is 0 Å². The van der Waals surface area contributed by atoms with Crippen LogP contribution in [0.15, 0.2) is 42.5 Å². The second-order valence-electron chi connectivity index (χ2n) is 7.43. The molecule has 0 saturated carbocycles. The third-order valence-corrected chi connectivity index (χ3v) is 5.33. The van der Waals surface area contributed by atoms with Crippen LogP contribution in [0, 0.1) is 6.92 Å². The SMILES string of the molecule is Cc1c(Cl)cccc1-c1cccc(C(=O)N2CC[C@](O)(CN(C)C)C2)c1. The summed E-state index contributed by atoms with van der Waals surface area (Å²) in [5, 5.41) is 11.4. The van der Waals surface area contributed by atoms with Crippen LogP contribution in [0.25, 0.3) is 11.1 Å². The van der Waals surface area contributed by atoms with Gasteiger partial charge in [-0.2, -0.15) is 0 Å². The van der Waals surface area contributed by atoms with Crippen molar-refractivity contribution in [1.82, 2.24) is 9.80 Å². The summed E-state index contributed by atoms with van der Waals surface area (Å²) in [6.07, 6.45) is 0.601. The minimum absolute atomic E-state index is 0.0405. The molecule has 0 unspecified atom stereocenters. The molecule has 1 heterocycles. The smallest absolute Gasteiger partial charge is 0.253 e. The lowest BCUT2D eigenvalue weighted by molar-refractivity contribution is 0.0236. The van der Waals surface area contributed by atoms with Gasteiger partial charge in [0.15, 0.2) is 0 Å². The van der Waals surface area contributed by atoms with Gasteiger partial charge in [0.1, 0.15) is 0 Å². The van der Waals surface area contributed by atoms with Crippen molar-refractivity contribution in [3.63, 3.8) is 0 Å². The van der Waals surface area contributed by atoms with Crippen molar-refractivity contribution >= 4 is 17.5 Å². The number of likely N-dealkylation sites (N-methyl/N-ethyl adjacent to an activating group) is 1. The van der Waals surface area contributed by atoms with E-state index in [4.69, 9.17) is 11.6 Å². The fourth-order valence-electron chi connectivity index (χ4n) is 3.67. The first-order valence-electron chi connectivity index (χ1n) is 8.81. The topological polar surface area (TPSA) is 43.8 Å². The molecular weight excluding hydrogens is 348 g/mol. The molecule has 138 valence electrons. The zero-order chi connectivity index (χ0) is 18.9. The van der Waals surface area contributed by atoms with Gasteiger partial charge in [0.05, 0.1) is 12.1 Å². The maximum absolute atomic E-state index is 12.9. The molecule has 0 aliphatic carbocycles. The molecule has 2 aromatic rings. The van der Waals surface area contributed by atoms with Gasteiger partial charge < -0.3 is 14.9 Å². The molecule has 1 aliphatic heterocycles. The highest BCUT2D eigenvalue weighted by Crippen LogP contribution is 2.30. The van der Waals surface area contributed by atoms with Crippen LogP contribution in [0.1, 0.15) is 22.3 Å². The second kappa shape index (κ2) is 7.39. The Labute approximate surface area is 160 Å². The van der Waals surface area contributed by atoms with Crippen LogP contribution in [0.2, 0.25) is 5.02 Å². The summed E-state index contributed by atoms with van der Waals surface area (Å²) in [4.78, 5) is 16.6. The summed E-state index contributed by atoms with van der Waals surface area (Å²) in [6, 6.07) is 13.4. The highest BCUT2D eigenvalue weighted by atomic mass is 35.5. The minimum atomic E-state index is -0.833. The molecule has 0 spiro atoms. The van der Waals surface area contributed by atoms with E-state index in [1.807, 2.05) is 68.4 Å². The molecule has 1 N–H and O–H groups in total. The number of benzene rings is 2. The van der Waals surface area contributed by atoms with Gasteiger partial charge in [-0.15, -0.1) is 0 Å². The van der Waals surface area contributed by atoms with Gasteiger partial charge in [-0.3, -0.25) is 4.79 Å². The third kappa shape index (κ3) is 3.93. The molecule has 0 bridgehead atoms. The summed E-state index contributed by atoms with van der Waals surface area (Å²) in [5.41, 5.74) is 2.80. The van der Waals surface area contributed by atoms with Crippen molar-refractivity contribution in [3.8, 4) is 11.1 Å². The number of aliphatic hydroxyl groups is 1. The highest BCUT2D eigenvalue weighted by Gasteiger charge is 2.38. The van der Waals surface area contributed by atoms with Gasteiger partial charge in [0, 0.05) is 23.7 Å². The first kappa shape index (κ1) is 18.9. The molecular formula is C21H25ClN2O2. The van der Waals surface area contributed by atoms with E-state index in [0.717, 1.165) is 16.7 Å². The van der Waals surface area contributed by atoms with E-state index < -0.39 is 5.60 Å². The van der Waals surface area contributed by atoms with Crippen molar-refractivity contribution in [2.24, 2.45) is 0 Å². The maximum atomic E-state index is 12.9. The second-order valence-corrected chi connectivity index (χ2v) is 7.84. The molecule has 1 atom stereocenters. The van der Waals surface area contributed by atoms with Gasteiger partial charge in [0.2, 0.25) is 0 Å². The van der Waals surface area contributed by atoms with E-state index in [1.54, 1.807) is 4.90 Å². The molecule has 1 amide bonds. The van der Waals surface area contributed by atoms with Crippen molar-refractivity contribution in [2.45, 2.75) is 18.9 Å². The third-order valence-electron chi connectivity index (χ3n) is 4.92. The average Bonchev–Trinajstić information content (AvgIpc) is 2.97. The molecule has 1 fully saturated rings. The predicted molar refractivity (Wildman–Crippen MR) is 106 cm³/mol. The number of hydrogen-bond acceptors (Lipinski definition) is 3. The average molecular weight is 373 g/mol. The monoisotopic (exact) mass is 372 g/mol. The maximum Gasteiger partial charge on any atom is 0.253 e. The summed E-state index contributed by atoms with van der Waals surface area (Å²) in [5.74, 6) is -0.0405. The molecule has 5 heteroatoms. The van der Waals surface area contributed by atoms with Crippen LogP contribution in [-0.4, -0.2) is 60.1 Å². The van der Waals surface area contributed by atoms with Gasteiger partial charge in [0.25, 0.3) is 5.91 Å². The van der Waals surface area contributed by atoms with Crippen LogP contribution in [0.3, 0.4) is 0 Å². The number of hydrogen-bond donors (Lipinski definition) is 1. The van der Waals surface area contributed by atoms with Gasteiger partial charge in [-0.1, -0.05) is 35.9 Å². The Morgan fingerprint density at radius 2 is 2.00 bits per heavy atom. The number of carbonyl (C=O) groups is 1. The lowest BCUT2D eigenvalue weighted by Gasteiger charge is -2.26. The predicted octanol–water partition coefficient (Wildman–Crippen LogP) is 3.45. The number of amides is 1. The van der Waals surface area contributed by atoms with Gasteiger partial charge in [-0.05, 0) is 62.3 Å². The van der Waals surface area contributed by atoms with Gasteiger partial charge in [-0.25, -0.2) is 0 Å². The summed E-state index contributed by atoms with van der Waals surface area (Å²) in [7, 11) is 3.86. The van der Waals surface area contributed by atoms with E-state index in [9.17, 15) is 9.90 Å². The molecule has 0 aromatic heterocycles. The van der Waals surface area contributed by atoms with E-state index in [0.29, 0.717) is 36.6 Å². The first-order chi connectivity index (χ1) is 12.3. The fraction of sp³-hybridized carbons (Fsp3) is 0.381. The van der Waals surface area contributed by atoms with Crippen LogP contribution < -0.4 is 0 Å². The van der Waals surface area contributed by atoms with E-state index in [-0.39, 0.29) is 5.91 Å². The van der Waals surface area contributed by atoms with Crippen LogP contribution in [-0.2, 0) is 0 Å². The number of halogens is 1. The zero-order valence-corrected chi connectivity index (χ0v) is 16.3. The number of rotatable bonds is 4. The lowest BCUT2D eigenvalue weighted by Crippen LogP contribution is -2.43. The number of likely N-dealkylation sites (tertiary alicyclic amines) is 1. The van der Waals surface area contributed by atoms with Crippen molar-refractivity contribution in [3.05, 3.63) is 58.6 Å². The van der Waals surface area contributed by atoms with Crippen molar-refractivity contribution in [2.75, 3.05) is 33.7 Å². The van der Waals surface area contributed by atoms with Crippen LogP contribution in [0.5, 0.6) is 0 Å². The number of nitrogens with zero attached hydrogens (tertiary/aromatic N) is 2. The summed E-state index contributed by atoms with van der Waals surface area (Å²) in [6.45, 7) is 3.47. The van der Waals surface area contributed by atoms with E-state index >= 15 is 0 Å². The molecule has 0 radical (unpaired) electrons. The normalized spacial score (nSPS) is 20.0. The Morgan fingerprint density at radius 1 is 1.27 bits per heavy atom. The summed E-state index contributed by atoms with van der Waals surface area (Å²) >= 11 is 6.24. The van der Waals surface area contributed by atoms with E-state index in [1.165, 1.54) is 0 Å². The molecule has 26 heavy (non-hydrogen) atoms. The Bertz CT molecular complexity index is 821. The zero-order valence-electron chi connectivity index (χ0n) is 15.5. The Hall–Kier alpha value is -1.88. The standard InChI is InChI=1S/C21H25ClN2O2/c1-15-18(8-5-9-19(15)22)16-6-4-7-17(12-16)20(25)24-11-10-21(26,14-24)13-23(2)3/h4-9,12,26H,10-11,13-14H2,1-3H3/t21-/m0/s1. The van der Waals surface area contributed by atoms with Gasteiger partial charge >= 0.3 is 0 Å². The Kier molecular flexibility index (Phi) is 5.37. The van der Waals surface area contributed by atoms with Crippen molar-refractivity contribution < 1.29 is 9.90 Å². The first-order valence-corrected chi connectivity index (χ1v) is 9.19. The largest absolute Gasteiger partial charge is 0.387 e. The quantitative estimate of drug-likeness (QED) is 0.893. The number of carbonyl (C=O) groups excluding carboxylic acids is 1.